The number of rotatable bonds is 4. The Morgan fingerprint density at radius 3 is 2.74 bits per heavy atom. The summed E-state index contributed by atoms with van der Waals surface area (Å²) in [4.78, 5) is 4.76. The second-order valence-electron chi connectivity index (χ2n) is 5.86. The van der Waals surface area contributed by atoms with Crippen LogP contribution < -0.4 is 5.73 Å². The SMILES string of the molecule is CC(C)C(CO)n1c(C2CC2)nc2cc(N)ccc21. The van der Waals surface area contributed by atoms with Crippen molar-refractivity contribution in [2.75, 3.05) is 12.3 Å². The van der Waals surface area contributed by atoms with Crippen LogP contribution in [0.2, 0.25) is 0 Å². The van der Waals surface area contributed by atoms with Gasteiger partial charge in [0, 0.05) is 11.6 Å². The first-order valence-electron chi connectivity index (χ1n) is 7.00. The molecule has 1 fully saturated rings. The Hall–Kier alpha value is -1.55. The van der Waals surface area contributed by atoms with Crippen molar-refractivity contribution >= 4 is 16.7 Å². The third-order valence-electron chi connectivity index (χ3n) is 3.97. The summed E-state index contributed by atoms with van der Waals surface area (Å²) in [6, 6.07) is 5.94. The van der Waals surface area contributed by atoms with Crippen LogP contribution in [0.5, 0.6) is 0 Å². The topological polar surface area (TPSA) is 64.1 Å². The number of nitrogens with zero attached hydrogens (tertiary/aromatic N) is 2. The summed E-state index contributed by atoms with van der Waals surface area (Å²) < 4.78 is 2.23. The molecule has 1 aliphatic carbocycles. The summed E-state index contributed by atoms with van der Waals surface area (Å²) >= 11 is 0. The molecular weight excluding hydrogens is 238 g/mol. The lowest BCUT2D eigenvalue weighted by Gasteiger charge is -2.23. The minimum atomic E-state index is 0.0872. The molecule has 4 heteroatoms. The van der Waals surface area contributed by atoms with Crippen molar-refractivity contribution in [3.63, 3.8) is 0 Å². The van der Waals surface area contributed by atoms with E-state index in [0.717, 1.165) is 22.5 Å². The molecule has 1 atom stereocenters. The molecule has 1 saturated carbocycles. The Labute approximate surface area is 113 Å². The minimum Gasteiger partial charge on any atom is -0.399 e. The van der Waals surface area contributed by atoms with Gasteiger partial charge in [-0.3, -0.25) is 0 Å². The number of aliphatic hydroxyl groups excluding tert-OH is 1. The number of fused-ring (bicyclic) bond motifs is 1. The first-order chi connectivity index (χ1) is 9.11. The van der Waals surface area contributed by atoms with Gasteiger partial charge in [0.1, 0.15) is 5.82 Å². The van der Waals surface area contributed by atoms with E-state index in [4.69, 9.17) is 10.7 Å². The highest BCUT2D eigenvalue weighted by atomic mass is 16.3. The third kappa shape index (κ3) is 2.10. The largest absolute Gasteiger partial charge is 0.399 e. The fraction of sp³-hybridized carbons (Fsp3) is 0.533. The zero-order chi connectivity index (χ0) is 13.6. The first-order valence-corrected chi connectivity index (χ1v) is 7.00. The number of benzene rings is 1. The third-order valence-corrected chi connectivity index (χ3v) is 3.97. The Bertz CT molecular complexity index is 599. The normalized spacial score (nSPS) is 17.3. The summed E-state index contributed by atoms with van der Waals surface area (Å²) in [5, 5.41) is 9.74. The molecule has 102 valence electrons. The van der Waals surface area contributed by atoms with Gasteiger partial charge in [-0.25, -0.2) is 4.98 Å². The Morgan fingerprint density at radius 2 is 2.16 bits per heavy atom. The van der Waals surface area contributed by atoms with Gasteiger partial charge >= 0.3 is 0 Å². The van der Waals surface area contributed by atoms with Crippen molar-refractivity contribution < 1.29 is 5.11 Å². The van der Waals surface area contributed by atoms with Crippen molar-refractivity contribution in [1.82, 2.24) is 9.55 Å². The highest BCUT2D eigenvalue weighted by molar-refractivity contribution is 5.80. The van der Waals surface area contributed by atoms with Crippen molar-refractivity contribution in [3.05, 3.63) is 24.0 Å². The molecule has 1 aromatic heterocycles. The zero-order valence-electron chi connectivity index (χ0n) is 11.5. The van der Waals surface area contributed by atoms with Crippen LogP contribution in [0.15, 0.2) is 18.2 Å². The molecule has 0 amide bonds. The monoisotopic (exact) mass is 259 g/mol. The fourth-order valence-electron chi connectivity index (χ4n) is 2.70. The number of aliphatic hydroxyl groups is 1. The summed E-state index contributed by atoms with van der Waals surface area (Å²) in [6.07, 6.45) is 2.41. The molecule has 3 rings (SSSR count). The van der Waals surface area contributed by atoms with E-state index in [-0.39, 0.29) is 12.6 Å². The standard InChI is InChI=1S/C15H21N3O/c1-9(2)14(8-19)18-13-6-5-11(16)7-12(13)17-15(18)10-3-4-10/h5-7,9-10,14,19H,3-4,8,16H2,1-2H3. The molecule has 19 heavy (non-hydrogen) atoms. The predicted octanol–water partition coefficient (Wildman–Crippen LogP) is 2.69. The van der Waals surface area contributed by atoms with Crippen LogP contribution in [0.3, 0.4) is 0 Å². The summed E-state index contributed by atoms with van der Waals surface area (Å²) in [7, 11) is 0. The van der Waals surface area contributed by atoms with E-state index in [2.05, 4.69) is 18.4 Å². The molecule has 0 saturated heterocycles. The van der Waals surface area contributed by atoms with Gasteiger partial charge in [-0.1, -0.05) is 13.8 Å². The van der Waals surface area contributed by atoms with Crippen molar-refractivity contribution in [2.24, 2.45) is 5.92 Å². The molecule has 0 bridgehead atoms. The van der Waals surface area contributed by atoms with Crippen LogP contribution in [-0.2, 0) is 0 Å². The molecule has 1 aliphatic rings. The average Bonchev–Trinajstić information content (AvgIpc) is 3.13. The summed E-state index contributed by atoms with van der Waals surface area (Å²) in [5.74, 6) is 2.05. The molecule has 2 aromatic rings. The van der Waals surface area contributed by atoms with E-state index in [0.29, 0.717) is 11.8 Å². The summed E-state index contributed by atoms with van der Waals surface area (Å²) in [5.41, 5.74) is 8.62. The first kappa shape index (κ1) is 12.5. The van der Waals surface area contributed by atoms with Gasteiger partial charge in [-0.05, 0) is 37.0 Å². The van der Waals surface area contributed by atoms with Gasteiger partial charge in [0.15, 0.2) is 0 Å². The van der Waals surface area contributed by atoms with Crippen molar-refractivity contribution in [3.8, 4) is 0 Å². The van der Waals surface area contributed by atoms with E-state index >= 15 is 0 Å². The molecule has 0 radical (unpaired) electrons. The van der Waals surface area contributed by atoms with Crippen LogP contribution in [0.1, 0.15) is 44.5 Å². The quantitative estimate of drug-likeness (QED) is 0.830. The van der Waals surface area contributed by atoms with Gasteiger partial charge in [0.2, 0.25) is 0 Å². The van der Waals surface area contributed by atoms with Crippen LogP contribution >= 0.6 is 0 Å². The number of hydrogen-bond acceptors (Lipinski definition) is 3. The lowest BCUT2D eigenvalue weighted by Crippen LogP contribution is -2.21. The molecule has 4 nitrogen and oxygen atoms in total. The average molecular weight is 259 g/mol. The summed E-state index contributed by atoms with van der Waals surface area (Å²) in [6.45, 7) is 4.43. The zero-order valence-corrected chi connectivity index (χ0v) is 11.5. The van der Waals surface area contributed by atoms with Gasteiger partial charge in [0.25, 0.3) is 0 Å². The van der Waals surface area contributed by atoms with E-state index < -0.39 is 0 Å². The maximum Gasteiger partial charge on any atom is 0.113 e. The highest BCUT2D eigenvalue weighted by Gasteiger charge is 2.32. The van der Waals surface area contributed by atoms with E-state index in [9.17, 15) is 5.11 Å². The molecule has 1 aromatic carbocycles. The van der Waals surface area contributed by atoms with E-state index in [1.807, 2.05) is 18.2 Å². The minimum absolute atomic E-state index is 0.0872. The van der Waals surface area contributed by atoms with Crippen LogP contribution in [0.25, 0.3) is 11.0 Å². The van der Waals surface area contributed by atoms with Crippen LogP contribution in [0.4, 0.5) is 5.69 Å². The molecule has 3 N–H and O–H groups in total. The second kappa shape index (κ2) is 4.53. The molecule has 0 spiro atoms. The fourth-order valence-corrected chi connectivity index (χ4v) is 2.70. The predicted molar refractivity (Wildman–Crippen MR) is 77.1 cm³/mol. The number of nitrogen functional groups attached to an aromatic ring is 1. The maximum atomic E-state index is 9.74. The maximum absolute atomic E-state index is 9.74. The lowest BCUT2D eigenvalue weighted by molar-refractivity contribution is 0.193. The molecule has 0 aliphatic heterocycles. The number of hydrogen-bond donors (Lipinski definition) is 2. The Balaban J connectivity index is 2.21. The number of nitrogens with two attached hydrogens (primary N) is 1. The van der Waals surface area contributed by atoms with E-state index in [1.165, 1.54) is 12.8 Å². The number of imidazole rings is 1. The van der Waals surface area contributed by atoms with Gasteiger partial charge in [-0.15, -0.1) is 0 Å². The Morgan fingerprint density at radius 1 is 1.42 bits per heavy atom. The van der Waals surface area contributed by atoms with Gasteiger partial charge in [-0.2, -0.15) is 0 Å². The van der Waals surface area contributed by atoms with Crippen molar-refractivity contribution in [1.29, 1.82) is 0 Å². The smallest absolute Gasteiger partial charge is 0.113 e. The van der Waals surface area contributed by atoms with Gasteiger partial charge < -0.3 is 15.4 Å². The number of anilines is 1. The number of aromatic nitrogens is 2. The van der Waals surface area contributed by atoms with E-state index in [1.54, 1.807) is 0 Å². The second-order valence-corrected chi connectivity index (χ2v) is 5.86. The van der Waals surface area contributed by atoms with Crippen LogP contribution in [-0.4, -0.2) is 21.3 Å². The van der Waals surface area contributed by atoms with Crippen molar-refractivity contribution in [2.45, 2.75) is 38.6 Å². The highest BCUT2D eigenvalue weighted by Crippen LogP contribution is 2.42. The Kier molecular flexibility index (Phi) is 2.97. The van der Waals surface area contributed by atoms with Gasteiger partial charge in [0.05, 0.1) is 23.7 Å². The van der Waals surface area contributed by atoms with Crippen LogP contribution in [0, 0.1) is 5.92 Å². The molecular formula is C15H21N3O. The lowest BCUT2D eigenvalue weighted by atomic mass is 10.0. The molecule has 1 heterocycles. The molecule has 1 unspecified atom stereocenters.